The number of rotatable bonds is 8. The molecule has 0 heterocycles. The molecule has 122 valence electrons. The molecular weight excluding hydrogens is 298 g/mol. The van der Waals surface area contributed by atoms with E-state index in [1.54, 1.807) is 0 Å². The van der Waals surface area contributed by atoms with E-state index < -0.39 is 0 Å². The summed E-state index contributed by atoms with van der Waals surface area (Å²) in [5.41, 5.74) is 2.32. The Bertz CT molecular complexity index is 514. The Balaban J connectivity index is 2.35. The first kappa shape index (κ1) is 18.6. The molecule has 0 spiro atoms. The SMILES string of the molecule is COC(=O)CSCCC(=O)NCC(C)(C)c1cccc(C)c1. The van der Waals surface area contributed by atoms with Crippen molar-refractivity contribution < 1.29 is 14.3 Å². The van der Waals surface area contributed by atoms with Crippen molar-refractivity contribution in [2.45, 2.75) is 32.6 Å². The van der Waals surface area contributed by atoms with E-state index in [0.29, 0.717) is 24.5 Å². The molecule has 0 aliphatic rings. The molecular formula is C17H25NO3S. The lowest BCUT2D eigenvalue weighted by molar-refractivity contribution is -0.137. The van der Waals surface area contributed by atoms with Gasteiger partial charge < -0.3 is 10.1 Å². The number of hydrogen-bond acceptors (Lipinski definition) is 4. The van der Waals surface area contributed by atoms with Crippen LogP contribution < -0.4 is 5.32 Å². The highest BCUT2D eigenvalue weighted by Crippen LogP contribution is 2.23. The zero-order chi connectivity index (χ0) is 16.6. The van der Waals surface area contributed by atoms with Gasteiger partial charge >= 0.3 is 5.97 Å². The maximum Gasteiger partial charge on any atom is 0.315 e. The number of thioether (sulfide) groups is 1. The summed E-state index contributed by atoms with van der Waals surface area (Å²) in [6.07, 6.45) is 0.408. The Morgan fingerprint density at radius 2 is 2.05 bits per heavy atom. The van der Waals surface area contributed by atoms with Crippen molar-refractivity contribution in [3.05, 3.63) is 35.4 Å². The largest absolute Gasteiger partial charge is 0.468 e. The number of benzene rings is 1. The van der Waals surface area contributed by atoms with E-state index >= 15 is 0 Å². The van der Waals surface area contributed by atoms with E-state index in [2.05, 4.69) is 49.0 Å². The normalized spacial score (nSPS) is 11.1. The summed E-state index contributed by atoms with van der Waals surface area (Å²) in [5.74, 6) is 0.661. The summed E-state index contributed by atoms with van der Waals surface area (Å²) in [6.45, 7) is 6.90. The van der Waals surface area contributed by atoms with Gasteiger partial charge in [0.15, 0.2) is 0 Å². The standard InChI is InChI=1S/C17H25NO3S/c1-13-6-5-7-14(10-13)17(2,3)12-18-15(19)8-9-22-11-16(20)21-4/h5-7,10H,8-9,11-12H2,1-4H3,(H,18,19). The number of carbonyl (C=O) groups excluding carboxylic acids is 2. The maximum absolute atomic E-state index is 11.9. The first-order chi connectivity index (χ1) is 10.3. The molecule has 1 amide bonds. The molecule has 1 aromatic carbocycles. The highest BCUT2D eigenvalue weighted by Gasteiger charge is 2.21. The molecule has 0 aliphatic heterocycles. The summed E-state index contributed by atoms with van der Waals surface area (Å²) >= 11 is 1.41. The first-order valence-electron chi connectivity index (χ1n) is 7.33. The van der Waals surface area contributed by atoms with Crippen molar-refractivity contribution >= 4 is 23.6 Å². The third kappa shape index (κ3) is 6.52. The summed E-state index contributed by atoms with van der Waals surface area (Å²) in [7, 11) is 1.36. The van der Waals surface area contributed by atoms with E-state index in [1.807, 2.05) is 6.07 Å². The highest BCUT2D eigenvalue weighted by atomic mass is 32.2. The van der Waals surface area contributed by atoms with Crippen LogP contribution in [0.25, 0.3) is 0 Å². The fraction of sp³-hybridized carbons (Fsp3) is 0.529. The summed E-state index contributed by atoms with van der Waals surface area (Å²) in [6, 6.07) is 8.35. The molecule has 5 heteroatoms. The van der Waals surface area contributed by atoms with Crippen molar-refractivity contribution in [3.8, 4) is 0 Å². The first-order valence-corrected chi connectivity index (χ1v) is 8.49. The molecule has 0 unspecified atom stereocenters. The van der Waals surface area contributed by atoms with Crippen LogP contribution in [0, 0.1) is 6.92 Å². The van der Waals surface area contributed by atoms with E-state index in [0.717, 1.165) is 0 Å². The quantitative estimate of drug-likeness (QED) is 0.590. The average molecular weight is 323 g/mol. The number of methoxy groups -OCH3 is 1. The second-order valence-corrected chi connectivity index (χ2v) is 7.01. The summed E-state index contributed by atoms with van der Waals surface area (Å²) < 4.78 is 4.55. The molecule has 4 nitrogen and oxygen atoms in total. The predicted octanol–water partition coefficient (Wildman–Crippen LogP) is 2.69. The topological polar surface area (TPSA) is 55.4 Å². The Morgan fingerprint density at radius 1 is 1.32 bits per heavy atom. The zero-order valence-corrected chi connectivity index (χ0v) is 14.6. The third-order valence-electron chi connectivity index (χ3n) is 3.45. The molecule has 1 N–H and O–H groups in total. The van der Waals surface area contributed by atoms with E-state index in [-0.39, 0.29) is 17.3 Å². The lowest BCUT2D eigenvalue weighted by Crippen LogP contribution is -2.36. The van der Waals surface area contributed by atoms with Crippen LogP contribution in [-0.4, -0.2) is 37.0 Å². The number of ether oxygens (including phenoxy) is 1. The molecule has 0 fully saturated rings. The van der Waals surface area contributed by atoms with Gasteiger partial charge in [-0.25, -0.2) is 0 Å². The van der Waals surface area contributed by atoms with E-state index in [9.17, 15) is 9.59 Å². The number of carbonyl (C=O) groups is 2. The highest BCUT2D eigenvalue weighted by molar-refractivity contribution is 7.99. The van der Waals surface area contributed by atoms with Gasteiger partial charge in [0.25, 0.3) is 0 Å². The molecule has 0 saturated carbocycles. The minimum atomic E-state index is -0.258. The molecule has 22 heavy (non-hydrogen) atoms. The van der Waals surface area contributed by atoms with E-state index in [4.69, 9.17) is 0 Å². The van der Waals surface area contributed by atoms with Crippen LogP contribution in [0.3, 0.4) is 0 Å². The Morgan fingerprint density at radius 3 is 2.68 bits per heavy atom. The molecule has 0 atom stereocenters. The van der Waals surface area contributed by atoms with Crippen molar-refractivity contribution in [3.63, 3.8) is 0 Å². The van der Waals surface area contributed by atoms with Crippen molar-refractivity contribution in [1.29, 1.82) is 0 Å². The van der Waals surface area contributed by atoms with Gasteiger partial charge in [-0.1, -0.05) is 43.7 Å². The van der Waals surface area contributed by atoms with Crippen LogP contribution in [0.4, 0.5) is 0 Å². The minimum Gasteiger partial charge on any atom is -0.468 e. The number of nitrogens with one attached hydrogen (secondary N) is 1. The maximum atomic E-state index is 11.9. The van der Waals surface area contributed by atoms with Crippen LogP contribution >= 0.6 is 11.8 Å². The molecule has 1 rings (SSSR count). The number of esters is 1. The monoisotopic (exact) mass is 323 g/mol. The Hall–Kier alpha value is -1.49. The lowest BCUT2D eigenvalue weighted by atomic mass is 9.84. The number of hydrogen-bond donors (Lipinski definition) is 1. The van der Waals surface area contributed by atoms with Gasteiger partial charge in [-0.2, -0.15) is 0 Å². The fourth-order valence-corrected chi connectivity index (χ4v) is 2.71. The average Bonchev–Trinajstić information content (AvgIpc) is 2.49. The van der Waals surface area contributed by atoms with Crippen molar-refractivity contribution in [2.24, 2.45) is 0 Å². The van der Waals surface area contributed by atoms with Gasteiger partial charge in [0.1, 0.15) is 0 Å². The van der Waals surface area contributed by atoms with Crippen molar-refractivity contribution in [2.75, 3.05) is 25.2 Å². The van der Waals surface area contributed by atoms with Crippen LogP contribution in [-0.2, 0) is 19.7 Å². The van der Waals surface area contributed by atoms with Gasteiger partial charge in [-0.05, 0) is 12.5 Å². The molecule has 1 aromatic rings. The van der Waals surface area contributed by atoms with Crippen LogP contribution in [0.1, 0.15) is 31.4 Å². The van der Waals surface area contributed by atoms with Gasteiger partial charge in [0.2, 0.25) is 5.91 Å². The second kappa shape index (κ2) is 8.83. The predicted molar refractivity (Wildman–Crippen MR) is 91.2 cm³/mol. The Labute approximate surface area is 137 Å². The van der Waals surface area contributed by atoms with E-state index in [1.165, 1.54) is 30.0 Å². The van der Waals surface area contributed by atoms with Gasteiger partial charge in [0, 0.05) is 24.1 Å². The molecule has 0 radical (unpaired) electrons. The molecule has 0 aromatic heterocycles. The van der Waals surface area contributed by atoms with Gasteiger partial charge in [0.05, 0.1) is 12.9 Å². The van der Waals surface area contributed by atoms with Crippen LogP contribution in [0.15, 0.2) is 24.3 Å². The molecule has 0 aliphatic carbocycles. The smallest absolute Gasteiger partial charge is 0.315 e. The van der Waals surface area contributed by atoms with Crippen molar-refractivity contribution in [1.82, 2.24) is 5.32 Å². The lowest BCUT2D eigenvalue weighted by Gasteiger charge is -2.26. The number of amides is 1. The molecule has 0 bridgehead atoms. The van der Waals surface area contributed by atoms with Crippen LogP contribution in [0.5, 0.6) is 0 Å². The summed E-state index contributed by atoms with van der Waals surface area (Å²) in [4.78, 5) is 22.8. The number of aryl methyl sites for hydroxylation is 1. The summed E-state index contributed by atoms with van der Waals surface area (Å²) in [5, 5.41) is 2.97. The third-order valence-corrected chi connectivity index (χ3v) is 4.38. The zero-order valence-electron chi connectivity index (χ0n) is 13.8. The molecule has 0 saturated heterocycles. The van der Waals surface area contributed by atoms with Crippen LogP contribution in [0.2, 0.25) is 0 Å². The Kier molecular flexibility index (Phi) is 7.45. The van der Waals surface area contributed by atoms with Gasteiger partial charge in [-0.3, -0.25) is 9.59 Å². The van der Waals surface area contributed by atoms with Gasteiger partial charge in [-0.15, -0.1) is 11.8 Å². The minimum absolute atomic E-state index is 0.0121. The fourth-order valence-electron chi connectivity index (χ4n) is 1.96. The second-order valence-electron chi connectivity index (χ2n) is 5.91.